The highest BCUT2D eigenvalue weighted by Gasteiger charge is 2.20. The second kappa shape index (κ2) is 10.00. The quantitative estimate of drug-likeness (QED) is 0.328. The van der Waals surface area contributed by atoms with Gasteiger partial charge in [-0.25, -0.2) is 4.98 Å². The Kier molecular flexibility index (Phi) is 6.47. The van der Waals surface area contributed by atoms with Crippen LogP contribution in [-0.4, -0.2) is 38.2 Å². The first-order chi connectivity index (χ1) is 17.1. The Labute approximate surface area is 208 Å². The zero-order chi connectivity index (χ0) is 24.2. The van der Waals surface area contributed by atoms with Crippen molar-refractivity contribution in [1.82, 2.24) is 25.1 Å². The number of carbonyl (C=O) groups excluding carboxylic acids is 1. The number of nitrogens with one attached hydrogen (secondary N) is 1. The second-order valence-electron chi connectivity index (χ2n) is 7.21. The molecule has 174 valence electrons. The van der Waals surface area contributed by atoms with Crippen LogP contribution in [0.2, 0.25) is 5.02 Å². The number of benzene rings is 1. The van der Waals surface area contributed by atoms with Gasteiger partial charge in [0.15, 0.2) is 0 Å². The smallest absolute Gasteiger partial charge is 0.296 e. The first kappa shape index (κ1) is 22.6. The molecule has 1 N–H and O–H groups in total. The molecule has 0 saturated carbocycles. The van der Waals surface area contributed by atoms with Gasteiger partial charge in [-0.15, -0.1) is 5.10 Å². The molecular weight excluding hydrogens is 488 g/mol. The maximum Gasteiger partial charge on any atom is 0.296 e. The van der Waals surface area contributed by atoms with Gasteiger partial charge in [-0.1, -0.05) is 28.8 Å². The number of carbonyl (C=O) groups is 1. The highest BCUT2D eigenvalue weighted by Crippen LogP contribution is 2.33. The Balaban J connectivity index is 1.41. The number of amides is 1. The molecule has 1 aromatic carbocycles. The standard InChI is InChI=1S/C24H17ClN6O3S/c1-33-20-7-3-2-5-16(20)21-17(11-19-18(28-21)6-4-10-26-19)22(32)29-23-30-31-24(35-23)34-13-15-9-8-14(25)12-27-15/h2-12H,13H2,1H3,(H,29,30,32). The van der Waals surface area contributed by atoms with Crippen LogP contribution in [0.1, 0.15) is 16.1 Å². The average molecular weight is 505 g/mol. The van der Waals surface area contributed by atoms with Crippen LogP contribution >= 0.6 is 22.9 Å². The molecule has 5 aromatic rings. The van der Waals surface area contributed by atoms with E-state index in [1.165, 1.54) is 6.20 Å². The van der Waals surface area contributed by atoms with Crippen molar-refractivity contribution in [3.05, 3.63) is 83.3 Å². The van der Waals surface area contributed by atoms with Crippen LogP contribution in [0.15, 0.2) is 67.0 Å². The van der Waals surface area contributed by atoms with Crippen molar-refractivity contribution >= 4 is 45.0 Å². The van der Waals surface area contributed by atoms with Gasteiger partial charge in [0, 0.05) is 18.0 Å². The number of methoxy groups -OCH3 is 1. The number of hydrogen-bond donors (Lipinski definition) is 1. The number of ether oxygens (including phenoxy) is 2. The molecule has 0 spiro atoms. The molecule has 0 atom stereocenters. The number of anilines is 1. The summed E-state index contributed by atoms with van der Waals surface area (Å²) in [6.45, 7) is 0.192. The maximum absolute atomic E-state index is 13.3. The van der Waals surface area contributed by atoms with Crippen LogP contribution in [0.5, 0.6) is 10.9 Å². The first-order valence-electron chi connectivity index (χ1n) is 10.4. The Bertz CT molecular complexity index is 1510. The van der Waals surface area contributed by atoms with Crippen molar-refractivity contribution in [2.24, 2.45) is 0 Å². The minimum Gasteiger partial charge on any atom is -0.496 e. The van der Waals surface area contributed by atoms with Crippen LogP contribution < -0.4 is 14.8 Å². The van der Waals surface area contributed by atoms with Crippen molar-refractivity contribution in [3.8, 4) is 22.2 Å². The number of pyridine rings is 3. The first-order valence-corrected chi connectivity index (χ1v) is 11.6. The van der Waals surface area contributed by atoms with Crippen molar-refractivity contribution in [2.75, 3.05) is 12.4 Å². The van der Waals surface area contributed by atoms with E-state index in [1.807, 2.05) is 30.3 Å². The highest BCUT2D eigenvalue weighted by molar-refractivity contribution is 7.17. The Morgan fingerprint density at radius 3 is 2.77 bits per heavy atom. The van der Waals surface area contributed by atoms with E-state index in [1.54, 1.807) is 37.6 Å². The van der Waals surface area contributed by atoms with Crippen LogP contribution in [-0.2, 0) is 6.61 Å². The van der Waals surface area contributed by atoms with Gasteiger partial charge in [-0.3, -0.25) is 20.1 Å². The lowest BCUT2D eigenvalue weighted by molar-refractivity contribution is 0.102. The van der Waals surface area contributed by atoms with Crippen LogP contribution in [0.3, 0.4) is 0 Å². The SMILES string of the molecule is COc1ccccc1-c1nc2cccnc2cc1C(=O)Nc1nnc(OCc2ccc(Cl)cn2)s1. The number of hydrogen-bond acceptors (Lipinski definition) is 9. The molecule has 0 aliphatic heterocycles. The number of rotatable bonds is 7. The van der Waals surface area contributed by atoms with Crippen molar-refractivity contribution in [2.45, 2.75) is 6.61 Å². The van der Waals surface area contributed by atoms with Gasteiger partial charge in [0.25, 0.3) is 11.1 Å². The predicted molar refractivity (Wildman–Crippen MR) is 133 cm³/mol. The molecule has 0 aliphatic carbocycles. The predicted octanol–water partition coefficient (Wildman–Crippen LogP) is 5.04. The number of halogens is 1. The van der Waals surface area contributed by atoms with E-state index < -0.39 is 5.91 Å². The Morgan fingerprint density at radius 2 is 1.94 bits per heavy atom. The molecule has 11 heteroatoms. The van der Waals surface area contributed by atoms with Gasteiger partial charge in [-0.05, 0) is 53.8 Å². The van der Waals surface area contributed by atoms with Gasteiger partial charge in [0.05, 0.1) is 40.1 Å². The molecule has 1 amide bonds. The molecule has 0 saturated heterocycles. The molecule has 0 bridgehead atoms. The molecule has 0 fully saturated rings. The fraction of sp³-hybridized carbons (Fsp3) is 0.0833. The number of fused-ring (bicyclic) bond motifs is 1. The van der Waals surface area contributed by atoms with Gasteiger partial charge in [-0.2, -0.15) is 0 Å². The van der Waals surface area contributed by atoms with E-state index in [-0.39, 0.29) is 11.7 Å². The molecule has 0 unspecified atom stereocenters. The summed E-state index contributed by atoms with van der Waals surface area (Å²) in [5.74, 6) is 0.188. The monoisotopic (exact) mass is 504 g/mol. The number of aromatic nitrogens is 5. The van der Waals surface area contributed by atoms with Gasteiger partial charge >= 0.3 is 0 Å². The summed E-state index contributed by atoms with van der Waals surface area (Å²) in [5.41, 5.74) is 3.41. The third kappa shape index (κ3) is 5.03. The summed E-state index contributed by atoms with van der Waals surface area (Å²) >= 11 is 6.95. The van der Waals surface area contributed by atoms with Gasteiger partial charge < -0.3 is 9.47 Å². The van der Waals surface area contributed by atoms with E-state index in [0.717, 1.165) is 11.3 Å². The van der Waals surface area contributed by atoms with Crippen molar-refractivity contribution in [3.63, 3.8) is 0 Å². The molecule has 4 heterocycles. The number of para-hydroxylation sites is 1. The summed E-state index contributed by atoms with van der Waals surface area (Å²) in [5, 5.41) is 11.9. The van der Waals surface area contributed by atoms with E-state index in [2.05, 4.69) is 25.5 Å². The van der Waals surface area contributed by atoms with Crippen molar-refractivity contribution in [1.29, 1.82) is 0 Å². The van der Waals surface area contributed by atoms with E-state index in [4.69, 9.17) is 26.1 Å². The van der Waals surface area contributed by atoms with Crippen LogP contribution in [0, 0.1) is 0 Å². The normalized spacial score (nSPS) is 10.8. The lowest BCUT2D eigenvalue weighted by Crippen LogP contribution is -2.14. The molecule has 5 rings (SSSR count). The lowest BCUT2D eigenvalue weighted by Gasteiger charge is -2.12. The van der Waals surface area contributed by atoms with Crippen LogP contribution in [0.4, 0.5) is 5.13 Å². The summed E-state index contributed by atoms with van der Waals surface area (Å²) in [7, 11) is 1.57. The highest BCUT2D eigenvalue weighted by atomic mass is 35.5. The lowest BCUT2D eigenvalue weighted by atomic mass is 10.0. The van der Waals surface area contributed by atoms with Gasteiger partial charge in [0.1, 0.15) is 12.4 Å². The summed E-state index contributed by atoms with van der Waals surface area (Å²) < 4.78 is 11.1. The Hall–Kier alpha value is -4.15. The summed E-state index contributed by atoms with van der Waals surface area (Å²) in [6.07, 6.45) is 3.19. The van der Waals surface area contributed by atoms with Crippen molar-refractivity contribution < 1.29 is 14.3 Å². The third-order valence-corrected chi connectivity index (χ3v) is 5.93. The molecule has 0 aliphatic rings. The zero-order valence-electron chi connectivity index (χ0n) is 18.3. The fourth-order valence-corrected chi connectivity index (χ4v) is 4.03. The fourth-order valence-electron chi connectivity index (χ4n) is 3.33. The molecule has 4 aromatic heterocycles. The van der Waals surface area contributed by atoms with E-state index in [0.29, 0.717) is 49.5 Å². The maximum atomic E-state index is 13.3. The molecule has 9 nitrogen and oxygen atoms in total. The third-order valence-electron chi connectivity index (χ3n) is 4.95. The topological polar surface area (TPSA) is 112 Å². The molecule has 0 radical (unpaired) electrons. The van der Waals surface area contributed by atoms with E-state index >= 15 is 0 Å². The molecular formula is C24H17ClN6O3S. The largest absolute Gasteiger partial charge is 0.496 e. The zero-order valence-corrected chi connectivity index (χ0v) is 19.9. The summed E-state index contributed by atoms with van der Waals surface area (Å²) in [4.78, 5) is 26.6. The minimum atomic E-state index is -0.409. The average Bonchev–Trinajstić information content (AvgIpc) is 3.34. The minimum absolute atomic E-state index is 0.192. The summed E-state index contributed by atoms with van der Waals surface area (Å²) in [6, 6.07) is 16.2. The van der Waals surface area contributed by atoms with Gasteiger partial charge in [0.2, 0.25) is 5.13 Å². The molecule has 35 heavy (non-hydrogen) atoms. The number of nitrogens with zero attached hydrogens (tertiary/aromatic N) is 5. The van der Waals surface area contributed by atoms with Crippen LogP contribution in [0.25, 0.3) is 22.3 Å². The Morgan fingerprint density at radius 1 is 1.06 bits per heavy atom. The second-order valence-corrected chi connectivity index (χ2v) is 8.59. The van der Waals surface area contributed by atoms with E-state index in [9.17, 15) is 4.79 Å².